The van der Waals surface area contributed by atoms with E-state index >= 15 is 0 Å². The zero-order valence-electron chi connectivity index (χ0n) is 14.8. The molecule has 2 aromatic rings. The Morgan fingerprint density at radius 3 is 2.54 bits per heavy atom. The van der Waals surface area contributed by atoms with E-state index < -0.39 is 10.7 Å². The number of carbonyl (C=O) groups excluding carboxylic acids is 2. The van der Waals surface area contributed by atoms with Crippen LogP contribution in [0.5, 0.6) is 0 Å². The van der Waals surface area contributed by atoms with Crippen LogP contribution in [-0.4, -0.2) is 34.9 Å². The number of benzene rings is 2. The van der Waals surface area contributed by atoms with Crippen molar-refractivity contribution in [3.63, 3.8) is 0 Å². The number of likely N-dealkylation sites (tertiary alicyclic amines) is 1. The van der Waals surface area contributed by atoms with Crippen LogP contribution in [0.15, 0.2) is 42.5 Å². The van der Waals surface area contributed by atoms with E-state index in [0.717, 1.165) is 6.07 Å². The first-order valence-electron chi connectivity index (χ1n) is 8.61. The van der Waals surface area contributed by atoms with Crippen LogP contribution >= 0.6 is 11.6 Å². The third-order valence-electron chi connectivity index (χ3n) is 4.50. The van der Waals surface area contributed by atoms with E-state index in [0.29, 0.717) is 30.6 Å². The quantitative estimate of drug-likeness (QED) is 0.543. The van der Waals surface area contributed by atoms with Crippen LogP contribution in [-0.2, 0) is 16.0 Å². The fraction of sp³-hybridized carbons (Fsp3) is 0.263. The highest BCUT2D eigenvalue weighted by atomic mass is 35.5. The first-order chi connectivity index (χ1) is 13.3. The second-order valence-electron chi connectivity index (χ2n) is 6.42. The van der Waals surface area contributed by atoms with Crippen molar-refractivity contribution >= 4 is 34.8 Å². The maximum absolute atomic E-state index is 13.5. The van der Waals surface area contributed by atoms with Crippen molar-refractivity contribution in [2.45, 2.75) is 19.3 Å². The minimum absolute atomic E-state index is 0.0327. The van der Waals surface area contributed by atoms with Crippen molar-refractivity contribution in [2.24, 2.45) is 0 Å². The topological polar surface area (TPSA) is 83.8 Å². The number of halogens is 2. The van der Waals surface area contributed by atoms with Gasteiger partial charge in [0.05, 0.1) is 16.4 Å². The van der Waals surface area contributed by atoms with Crippen LogP contribution in [0.1, 0.15) is 18.4 Å². The van der Waals surface area contributed by atoms with Gasteiger partial charge in [-0.1, -0.05) is 23.7 Å². The van der Waals surface area contributed by atoms with Gasteiger partial charge in [0.25, 0.3) is 5.69 Å². The monoisotopic (exact) mass is 405 g/mol. The highest BCUT2D eigenvalue weighted by Gasteiger charge is 2.26. The van der Waals surface area contributed by atoms with Gasteiger partial charge in [0.15, 0.2) is 0 Å². The molecule has 0 radical (unpaired) electrons. The van der Waals surface area contributed by atoms with Gasteiger partial charge in [-0.15, -0.1) is 0 Å². The van der Waals surface area contributed by atoms with Crippen LogP contribution in [0.2, 0.25) is 5.02 Å². The van der Waals surface area contributed by atoms with E-state index in [-0.39, 0.29) is 35.6 Å². The lowest BCUT2D eigenvalue weighted by atomic mass is 10.1. The van der Waals surface area contributed by atoms with E-state index in [4.69, 9.17) is 11.6 Å². The van der Waals surface area contributed by atoms with Crippen molar-refractivity contribution in [1.82, 2.24) is 4.90 Å². The number of anilines is 1. The molecule has 7 nitrogen and oxygen atoms in total. The zero-order chi connectivity index (χ0) is 20.3. The number of nitro groups is 1. The third kappa shape index (κ3) is 4.45. The molecule has 1 aliphatic heterocycles. The van der Waals surface area contributed by atoms with Crippen LogP contribution in [0.25, 0.3) is 0 Å². The summed E-state index contributed by atoms with van der Waals surface area (Å²) in [4.78, 5) is 38.1. The number of non-ortho nitro benzene ring substituents is 1. The minimum atomic E-state index is -0.606. The Balaban J connectivity index is 1.84. The Bertz CT molecular complexity index is 920. The Hall–Kier alpha value is -3.00. The molecule has 0 N–H and O–H groups in total. The Labute approximate surface area is 165 Å². The normalized spacial score (nSPS) is 13.6. The lowest BCUT2D eigenvalue weighted by molar-refractivity contribution is -0.384. The Morgan fingerprint density at radius 2 is 1.96 bits per heavy atom. The summed E-state index contributed by atoms with van der Waals surface area (Å²) in [5.41, 5.74) is 0.889. The number of amides is 2. The maximum Gasteiger partial charge on any atom is 0.269 e. The molecule has 3 rings (SSSR count). The predicted molar refractivity (Wildman–Crippen MR) is 102 cm³/mol. The first kappa shape index (κ1) is 19.8. The highest BCUT2D eigenvalue weighted by molar-refractivity contribution is 6.31. The number of nitro benzene ring substituents is 1. The van der Waals surface area contributed by atoms with E-state index in [1.54, 1.807) is 4.90 Å². The van der Waals surface area contributed by atoms with Crippen LogP contribution < -0.4 is 4.90 Å². The average Bonchev–Trinajstić information content (AvgIpc) is 3.07. The SMILES string of the molecule is O=C1CCCN1CN(C(=O)Cc1ccc([N+](=O)[O-])cc1)c1ccc(F)c(Cl)c1. The average molecular weight is 406 g/mol. The van der Waals surface area contributed by atoms with Crippen molar-refractivity contribution in [1.29, 1.82) is 0 Å². The molecule has 0 saturated carbocycles. The molecule has 2 amide bonds. The summed E-state index contributed by atoms with van der Waals surface area (Å²) in [6.45, 7) is 0.571. The summed E-state index contributed by atoms with van der Waals surface area (Å²) >= 11 is 5.86. The van der Waals surface area contributed by atoms with Gasteiger partial charge >= 0.3 is 0 Å². The molecule has 0 unspecified atom stereocenters. The molecule has 1 heterocycles. The number of carbonyl (C=O) groups is 2. The largest absolute Gasteiger partial charge is 0.324 e. The fourth-order valence-electron chi connectivity index (χ4n) is 2.99. The summed E-state index contributed by atoms with van der Waals surface area (Å²) in [6, 6.07) is 9.59. The predicted octanol–water partition coefficient (Wildman–Crippen LogP) is 3.54. The minimum Gasteiger partial charge on any atom is -0.324 e. The molecule has 0 bridgehead atoms. The number of hydrogen-bond acceptors (Lipinski definition) is 4. The van der Waals surface area contributed by atoms with Gasteiger partial charge in [-0.05, 0) is 30.2 Å². The zero-order valence-corrected chi connectivity index (χ0v) is 15.6. The summed E-state index contributed by atoms with van der Waals surface area (Å²) in [5, 5.41) is 10.6. The molecule has 28 heavy (non-hydrogen) atoms. The van der Waals surface area contributed by atoms with Crippen LogP contribution in [0.4, 0.5) is 15.8 Å². The van der Waals surface area contributed by atoms with Crippen molar-refractivity contribution in [2.75, 3.05) is 18.1 Å². The molecule has 9 heteroatoms. The Morgan fingerprint density at radius 1 is 1.25 bits per heavy atom. The van der Waals surface area contributed by atoms with Gasteiger partial charge in [-0.3, -0.25) is 24.6 Å². The van der Waals surface area contributed by atoms with E-state index in [1.807, 2.05) is 0 Å². The summed E-state index contributed by atoms with van der Waals surface area (Å²) < 4.78 is 13.5. The van der Waals surface area contributed by atoms with Crippen molar-refractivity contribution in [3.8, 4) is 0 Å². The Kier molecular flexibility index (Phi) is 5.89. The molecular weight excluding hydrogens is 389 g/mol. The van der Waals surface area contributed by atoms with Crippen molar-refractivity contribution in [3.05, 3.63) is 69.0 Å². The number of rotatable bonds is 6. The molecular formula is C19H17ClFN3O4. The summed E-state index contributed by atoms with van der Waals surface area (Å²) in [6.07, 6.45) is 1.11. The summed E-state index contributed by atoms with van der Waals surface area (Å²) in [7, 11) is 0. The number of nitrogens with zero attached hydrogens (tertiary/aromatic N) is 3. The molecule has 2 aromatic carbocycles. The lowest BCUT2D eigenvalue weighted by Gasteiger charge is -2.28. The van der Waals surface area contributed by atoms with Gasteiger partial charge in [0.2, 0.25) is 11.8 Å². The molecule has 0 atom stereocenters. The molecule has 1 fully saturated rings. The first-order valence-corrected chi connectivity index (χ1v) is 8.99. The van der Waals surface area contributed by atoms with Gasteiger partial charge in [0.1, 0.15) is 12.5 Å². The maximum atomic E-state index is 13.5. The molecule has 146 valence electrons. The van der Waals surface area contributed by atoms with Crippen molar-refractivity contribution < 1.29 is 18.9 Å². The van der Waals surface area contributed by atoms with Crippen LogP contribution in [0.3, 0.4) is 0 Å². The molecule has 0 spiro atoms. The third-order valence-corrected chi connectivity index (χ3v) is 4.79. The summed E-state index contributed by atoms with van der Waals surface area (Å²) in [5.74, 6) is -0.997. The number of hydrogen-bond donors (Lipinski definition) is 0. The van der Waals surface area contributed by atoms with E-state index in [1.165, 1.54) is 41.3 Å². The van der Waals surface area contributed by atoms with Crippen LogP contribution in [0, 0.1) is 15.9 Å². The smallest absolute Gasteiger partial charge is 0.269 e. The molecule has 1 saturated heterocycles. The lowest BCUT2D eigenvalue weighted by Crippen LogP contribution is -2.43. The standard InChI is InChI=1S/C19H17ClFN3O4/c20-16-11-15(7-8-17(16)21)23(12-22-9-1-2-18(22)25)19(26)10-13-3-5-14(6-4-13)24(27)28/h3-8,11H,1-2,9-10,12H2. The molecule has 0 aliphatic carbocycles. The molecule has 0 aromatic heterocycles. The van der Waals surface area contributed by atoms with Gasteiger partial charge in [0, 0.05) is 30.8 Å². The fourth-order valence-corrected chi connectivity index (χ4v) is 3.16. The van der Waals surface area contributed by atoms with E-state index in [9.17, 15) is 24.1 Å². The second kappa shape index (κ2) is 8.35. The van der Waals surface area contributed by atoms with Gasteiger partial charge in [-0.2, -0.15) is 0 Å². The second-order valence-corrected chi connectivity index (χ2v) is 6.83. The van der Waals surface area contributed by atoms with Gasteiger partial charge in [-0.25, -0.2) is 4.39 Å². The molecule has 1 aliphatic rings. The highest BCUT2D eigenvalue weighted by Crippen LogP contribution is 2.25. The van der Waals surface area contributed by atoms with Gasteiger partial charge < -0.3 is 4.90 Å². The van der Waals surface area contributed by atoms with E-state index in [2.05, 4.69) is 0 Å².